The zero-order valence-electron chi connectivity index (χ0n) is 17.5. The number of rotatable bonds is 4. The molecule has 0 fully saturated rings. The minimum absolute atomic E-state index is 0.0125. The number of benzene rings is 2. The van der Waals surface area contributed by atoms with E-state index in [4.69, 9.17) is 0 Å². The lowest BCUT2D eigenvalue weighted by atomic mass is 9.68. The van der Waals surface area contributed by atoms with Crippen LogP contribution in [0.5, 0.6) is 5.75 Å². The molecule has 5 nitrogen and oxygen atoms in total. The molecule has 3 aromatic rings. The number of phenolic OH excluding ortho intramolecular Hbond substituents is 1. The molecule has 1 aliphatic rings. The van der Waals surface area contributed by atoms with Crippen LogP contribution in [-0.2, 0) is 0 Å². The van der Waals surface area contributed by atoms with E-state index in [1.165, 1.54) is 12.3 Å². The van der Waals surface area contributed by atoms with Crippen molar-refractivity contribution in [1.82, 2.24) is 9.97 Å². The van der Waals surface area contributed by atoms with Crippen LogP contribution in [0, 0.1) is 12.7 Å². The number of nitrogens with one attached hydrogen (secondary N) is 1. The number of phenols is 1. The molecule has 4 rings (SSSR count). The third kappa shape index (κ3) is 3.54. The zero-order chi connectivity index (χ0) is 23.3. The summed E-state index contributed by atoms with van der Waals surface area (Å²) in [5.74, 6) is -1.93. The number of aliphatic hydroxyl groups is 1. The van der Waals surface area contributed by atoms with Crippen LogP contribution in [-0.4, -0.2) is 32.0 Å². The monoisotopic (exact) mass is 449 g/mol. The second kappa shape index (κ2) is 7.88. The van der Waals surface area contributed by atoms with Crippen molar-refractivity contribution in [2.24, 2.45) is 0 Å². The van der Waals surface area contributed by atoms with E-state index in [0.29, 0.717) is 28.8 Å². The molecule has 0 bridgehead atoms. The van der Waals surface area contributed by atoms with Crippen molar-refractivity contribution >= 4 is 16.6 Å². The first-order valence-electron chi connectivity index (χ1n) is 10.4. The number of nitrogens with zero attached hydrogens (tertiary/aromatic N) is 2. The van der Waals surface area contributed by atoms with Gasteiger partial charge in [-0.1, -0.05) is 25.5 Å². The van der Waals surface area contributed by atoms with E-state index in [2.05, 4.69) is 15.3 Å². The van der Waals surface area contributed by atoms with E-state index in [0.717, 1.165) is 6.07 Å². The molecule has 2 aromatic carbocycles. The molecule has 0 radical (unpaired) electrons. The SMILES string of the molecule is CCC[C@@H]1CC(O)(C(F)(F)F)[C@@H](Nc2cccc3nc(C)ncc23)c2ccc(F)c(O)c21. The minimum Gasteiger partial charge on any atom is -0.505 e. The molecule has 3 atom stereocenters. The zero-order valence-corrected chi connectivity index (χ0v) is 17.5. The Hall–Kier alpha value is -2.94. The molecule has 32 heavy (non-hydrogen) atoms. The Kier molecular flexibility index (Phi) is 5.48. The lowest BCUT2D eigenvalue weighted by molar-refractivity contribution is -0.273. The number of aromatic nitrogens is 2. The molecule has 0 aliphatic heterocycles. The molecule has 9 heteroatoms. The molecule has 0 saturated carbocycles. The van der Waals surface area contributed by atoms with Gasteiger partial charge in [-0.25, -0.2) is 14.4 Å². The summed E-state index contributed by atoms with van der Waals surface area (Å²) in [4.78, 5) is 8.42. The van der Waals surface area contributed by atoms with Gasteiger partial charge in [-0.2, -0.15) is 13.2 Å². The van der Waals surface area contributed by atoms with Gasteiger partial charge in [0.15, 0.2) is 17.2 Å². The molecule has 0 saturated heterocycles. The number of halogens is 4. The van der Waals surface area contributed by atoms with Crippen LogP contribution in [0.15, 0.2) is 36.5 Å². The predicted molar refractivity (Wildman–Crippen MR) is 112 cm³/mol. The fourth-order valence-corrected chi connectivity index (χ4v) is 4.63. The van der Waals surface area contributed by atoms with Crippen LogP contribution >= 0.6 is 0 Å². The summed E-state index contributed by atoms with van der Waals surface area (Å²) in [5.41, 5.74) is -2.21. The lowest BCUT2D eigenvalue weighted by Gasteiger charge is -2.46. The van der Waals surface area contributed by atoms with Gasteiger partial charge in [-0.05, 0) is 49.4 Å². The Morgan fingerprint density at radius 3 is 2.66 bits per heavy atom. The first-order chi connectivity index (χ1) is 15.1. The quantitative estimate of drug-likeness (QED) is 0.458. The van der Waals surface area contributed by atoms with Crippen LogP contribution in [0.25, 0.3) is 10.9 Å². The van der Waals surface area contributed by atoms with Crippen LogP contribution in [0.2, 0.25) is 0 Å². The molecular weight excluding hydrogens is 426 g/mol. The number of alkyl halides is 3. The molecular formula is C23H23F4N3O2. The topological polar surface area (TPSA) is 78.3 Å². The maximum absolute atomic E-state index is 14.3. The normalized spacial score (nSPS) is 23.2. The number of aryl methyl sites for hydroxylation is 1. The molecule has 0 spiro atoms. The molecule has 1 aromatic heterocycles. The van der Waals surface area contributed by atoms with E-state index >= 15 is 0 Å². The van der Waals surface area contributed by atoms with Crippen LogP contribution < -0.4 is 5.32 Å². The first-order valence-corrected chi connectivity index (χ1v) is 10.4. The van der Waals surface area contributed by atoms with Gasteiger partial charge in [0.25, 0.3) is 0 Å². The van der Waals surface area contributed by atoms with Gasteiger partial charge in [0, 0.05) is 22.8 Å². The van der Waals surface area contributed by atoms with E-state index < -0.39 is 41.7 Å². The summed E-state index contributed by atoms with van der Waals surface area (Å²) in [7, 11) is 0. The van der Waals surface area contributed by atoms with Gasteiger partial charge < -0.3 is 15.5 Å². The van der Waals surface area contributed by atoms with Crippen molar-refractivity contribution in [3.8, 4) is 5.75 Å². The average molecular weight is 449 g/mol. The maximum atomic E-state index is 14.3. The Labute approximate surface area is 182 Å². The van der Waals surface area contributed by atoms with E-state index in [9.17, 15) is 27.8 Å². The number of hydrogen-bond acceptors (Lipinski definition) is 5. The largest absolute Gasteiger partial charge is 0.505 e. The van der Waals surface area contributed by atoms with Crippen LogP contribution in [0.3, 0.4) is 0 Å². The Bertz CT molecular complexity index is 1170. The van der Waals surface area contributed by atoms with Gasteiger partial charge in [-0.15, -0.1) is 0 Å². The summed E-state index contributed by atoms with van der Waals surface area (Å²) < 4.78 is 57.0. The molecule has 1 aliphatic carbocycles. The van der Waals surface area contributed by atoms with Gasteiger partial charge in [0.05, 0.1) is 11.6 Å². The number of anilines is 1. The summed E-state index contributed by atoms with van der Waals surface area (Å²) in [6.07, 6.45) is -3.41. The fourth-order valence-electron chi connectivity index (χ4n) is 4.63. The van der Waals surface area contributed by atoms with Crippen molar-refractivity contribution in [3.63, 3.8) is 0 Å². The highest BCUT2D eigenvalue weighted by Crippen LogP contribution is 2.55. The Morgan fingerprint density at radius 1 is 1.22 bits per heavy atom. The van der Waals surface area contributed by atoms with Crippen molar-refractivity contribution in [2.75, 3.05) is 5.32 Å². The van der Waals surface area contributed by atoms with Crippen molar-refractivity contribution in [1.29, 1.82) is 0 Å². The third-order valence-electron chi connectivity index (χ3n) is 6.13. The van der Waals surface area contributed by atoms with Crippen molar-refractivity contribution in [3.05, 3.63) is 59.3 Å². The predicted octanol–water partition coefficient (Wildman–Crippen LogP) is 5.52. The van der Waals surface area contributed by atoms with Gasteiger partial charge in [0.2, 0.25) is 0 Å². The van der Waals surface area contributed by atoms with Crippen LogP contribution in [0.4, 0.5) is 23.2 Å². The smallest absolute Gasteiger partial charge is 0.419 e. The molecule has 1 unspecified atom stereocenters. The number of aromatic hydroxyl groups is 1. The maximum Gasteiger partial charge on any atom is 0.419 e. The second-order valence-electron chi connectivity index (χ2n) is 8.24. The highest BCUT2D eigenvalue weighted by atomic mass is 19.4. The van der Waals surface area contributed by atoms with Crippen molar-refractivity contribution < 1.29 is 27.8 Å². The number of fused-ring (bicyclic) bond motifs is 2. The van der Waals surface area contributed by atoms with E-state index in [1.807, 2.05) is 0 Å². The summed E-state index contributed by atoms with van der Waals surface area (Å²) in [6, 6.07) is 5.35. The highest BCUT2D eigenvalue weighted by molar-refractivity contribution is 5.91. The molecule has 0 amide bonds. The summed E-state index contributed by atoms with van der Waals surface area (Å²) in [6.45, 7) is 3.48. The number of hydrogen-bond donors (Lipinski definition) is 3. The molecule has 170 valence electrons. The Balaban J connectivity index is 1.92. The summed E-state index contributed by atoms with van der Waals surface area (Å²) in [5, 5.41) is 24.8. The van der Waals surface area contributed by atoms with Crippen molar-refractivity contribution in [2.45, 2.75) is 56.8 Å². The van der Waals surface area contributed by atoms with E-state index in [-0.39, 0.29) is 17.5 Å². The van der Waals surface area contributed by atoms with Crippen LogP contribution in [0.1, 0.15) is 55.1 Å². The molecule has 3 N–H and O–H groups in total. The van der Waals surface area contributed by atoms with Gasteiger partial charge in [0.1, 0.15) is 5.82 Å². The van der Waals surface area contributed by atoms with E-state index in [1.54, 1.807) is 32.0 Å². The third-order valence-corrected chi connectivity index (χ3v) is 6.13. The first kappa shape index (κ1) is 22.3. The average Bonchev–Trinajstić information content (AvgIpc) is 2.72. The standard InChI is InChI=1S/C23H23F4N3O2/c1-3-5-13-10-22(32,23(25,26)27)21(14-8-9-16(24)20(31)19(13)14)30-18-7-4-6-17-15(18)11-28-12(2)29-17/h4,6-9,11,13,21,30-32H,3,5,10H2,1-2H3/t13-,21+,22?/m1/s1. The fraction of sp³-hybridized carbons (Fsp3) is 0.391. The minimum atomic E-state index is -4.98. The second-order valence-corrected chi connectivity index (χ2v) is 8.24. The van der Waals surface area contributed by atoms with Gasteiger partial charge >= 0.3 is 6.18 Å². The highest BCUT2D eigenvalue weighted by Gasteiger charge is 2.62. The Morgan fingerprint density at radius 2 is 1.97 bits per heavy atom. The molecule has 1 heterocycles. The lowest BCUT2D eigenvalue weighted by Crippen LogP contribution is -2.55. The van der Waals surface area contributed by atoms with Gasteiger partial charge in [-0.3, -0.25) is 0 Å². The summed E-state index contributed by atoms with van der Waals surface area (Å²) >= 11 is 0.